The van der Waals surface area contributed by atoms with E-state index in [0.717, 1.165) is 43.2 Å². The lowest BCUT2D eigenvalue weighted by molar-refractivity contribution is -0.137. The van der Waals surface area contributed by atoms with Crippen LogP contribution in [0.25, 0.3) is 10.8 Å². The molecule has 0 aliphatic carbocycles. The number of aryl methyl sites for hydroxylation is 1. The zero-order chi connectivity index (χ0) is 21.2. The van der Waals surface area contributed by atoms with Gasteiger partial charge in [0, 0.05) is 12.5 Å². The van der Waals surface area contributed by atoms with Crippen molar-refractivity contribution in [1.82, 2.24) is 9.97 Å². The number of carbonyl (C=O) groups is 1. The number of aliphatic carboxylic acids is 1. The molecule has 0 saturated carbocycles. The van der Waals surface area contributed by atoms with Crippen LogP contribution in [0.5, 0.6) is 11.6 Å². The summed E-state index contributed by atoms with van der Waals surface area (Å²) < 4.78 is 5.81. The number of rotatable bonds is 12. The molecule has 158 valence electrons. The maximum absolute atomic E-state index is 10.5. The topological polar surface area (TPSA) is 72.3 Å². The van der Waals surface area contributed by atoms with Crippen LogP contribution in [0.1, 0.15) is 56.9 Å². The number of halogens is 1. The smallest absolute Gasteiger partial charge is 0.303 e. The Bertz CT molecular complexity index is 978. The van der Waals surface area contributed by atoms with E-state index < -0.39 is 5.97 Å². The van der Waals surface area contributed by atoms with E-state index in [1.807, 2.05) is 12.1 Å². The van der Waals surface area contributed by atoms with E-state index in [1.165, 1.54) is 36.5 Å². The fraction of sp³-hybridized carbons (Fsp3) is 0.375. The summed E-state index contributed by atoms with van der Waals surface area (Å²) in [6.07, 6.45) is 10.4. The van der Waals surface area contributed by atoms with Crippen molar-refractivity contribution in [2.75, 3.05) is 0 Å². The molecule has 3 rings (SSSR count). The standard InChI is InChI=1S/C24H27ClN2O3/c25-22-16-23(27-17-26-22)30-20-13-14-21-18(10-8-11-19(21)15-20)9-6-4-2-1-3-5-7-12-24(28)29/h8,10-11,13-17H,1-7,9,12H2,(H,28,29). The van der Waals surface area contributed by atoms with Crippen LogP contribution < -0.4 is 4.74 Å². The van der Waals surface area contributed by atoms with Crippen molar-refractivity contribution in [3.63, 3.8) is 0 Å². The van der Waals surface area contributed by atoms with Gasteiger partial charge in [-0.3, -0.25) is 4.79 Å². The van der Waals surface area contributed by atoms with E-state index in [2.05, 4.69) is 34.2 Å². The molecule has 0 amide bonds. The predicted molar refractivity (Wildman–Crippen MR) is 119 cm³/mol. The van der Waals surface area contributed by atoms with Crippen molar-refractivity contribution in [2.24, 2.45) is 0 Å². The largest absolute Gasteiger partial charge is 0.481 e. The van der Waals surface area contributed by atoms with Crippen molar-refractivity contribution in [3.05, 3.63) is 59.5 Å². The van der Waals surface area contributed by atoms with Gasteiger partial charge in [-0.25, -0.2) is 9.97 Å². The third-order valence-corrected chi connectivity index (χ3v) is 5.32. The monoisotopic (exact) mass is 426 g/mol. The fourth-order valence-corrected chi connectivity index (χ4v) is 3.72. The second-order valence-corrected chi connectivity index (χ2v) is 7.84. The summed E-state index contributed by atoms with van der Waals surface area (Å²) in [5.74, 6) is 0.452. The number of fused-ring (bicyclic) bond motifs is 1. The number of nitrogens with zero attached hydrogens (tertiary/aromatic N) is 2. The Morgan fingerprint density at radius 1 is 0.933 bits per heavy atom. The van der Waals surface area contributed by atoms with Gasteiger partial charge < -0.3 is 9.84 Å². The zero-order valence-corrected chi connectivity index (χ0v) is 17.8. The minimum absolute atomic E-state index is 0.292. The van der Waals surface area contributed by atoms with Crippen LogP contribution in [-0.2, 0) is 11.2 Å². The molecule has 30 heavy (non-hydrogen) atoms. The predicted octanol–water partition coefficient (Wildman–Crippen LogP) is 6.82. The van der Waals surface area contributed by atoms with Gasteiger partial charge in [0.1, 0.15) is 17.2 Å². The molecule has 0 aliphatic rings. The van der Waals surface area contributed by atoms with E-state index in [4.69, 9.17) is 21.4 Å². The highest BCUT2D eigenvalue weighted by molar-refractivity contribution is 6.29. The van der Waals surface area contributed by atoms with E-state index in [9.17, 15) is 4.79 Å². The number of ether oxygens (including phenoxy) is 1. The average Bonchev–Trinajstić information content (AvgIpc) is 2.72. The van der Waals surface area contributed by atoms with Crippen molar-refractivity contribution in [3.8, 4) is 11.6 Å². The highest BCUT2D eigenvalue weighted by Gasteiger charge is 2.05. The summed E-state index contributed by atoms with van der Waals surface area (Å²) >= 11 is 5.89. The lowest BCUT2D eigenvalue weighted by Crippen LogP contribution is -1.93. The quantitative estimate of drug-likeness (QED) is 0.254. The summed E-state index contributed by atoms with van der Waals surface area (Å²) in [6, 6.07) is 14.0. The SMILES string of the molecule is O=C(O)CCCCCCCCCc1cccc2cc(Oc3cc(Cl)ncn3)ccc12. The number of hydrogen-bond donors (Lipinski definition) is 1. The van der Waals surface area contributed by atoms with Gasteiger partial charge in [-0.2, -0.15) is 0 Å². The normalized spacial score (nSPS) is 11.0. The number of carboxylic acid groups (broad SMARTS) is 1. The Morgan fingerprint density at radius 2 is 1.70 bits per heavy atom. The zero-order valence-electron chi connectivity index (χ0n) is 17.0. The Morgan fingerprint density at radius 3 is 2.47 bits per heavy atom. The van der Waals surface area contributed by atoms with Crippen LogP contribution >= 0.6 is 11.6 Å². The molecule has 0 unspecified atom stereocenters. The van der Waals surface area contributed by atoms with Crippen molar-refractivity contribution < 1.29 is 14.6 Å². The maximum Gasteiger partial charge on any atom is 0.303 e. The van der Waals surface area contributed by atoms with Crippen molar-refractivity contribution in [2.45, 2.75) is 57.8 Å². The molecule has 0 radical (unpaired) electrons. The number of unbranched alkanes of at least 4 members (excludes halogenated alkanes) is 6. The molecule has 0 bridgehead atoms. The lowest BCUT2D eigenvalue weighted by Gasteiger charge is -2.09. The third-order valence-electron chi connectivity index (χ3n) is 5.11. The van der Waals surface area contributed by atoms with Crippen LogP contribution in [-0.4, -0.2) is 21.0 Å². The highest BCUT2D eigenvalue weighted by atomic mass is 35.5. The summed E-state index contributed by atoms with van der Waals surface area (Å²) in [5, 5.41) is 11.4. The Balaban J connectivity index is 1.48. The Kier molecular flexibility index (Phi) is 8.45. The molecule has 0 saturated heterocycles. The van der Waals surface area contributed by atoms with Crippen LogP contribution in [0.2, 0.25) is 5.15 Å². The summed E-state index contributed by atoms with van der Waals surface area (Å²) in [6.45, 7) is 0. The Hall–Kier alpha value is -2.66. The summed E-state index contributed by atoms with van der Waals surface area (Å²) in [4.78, 5) is 18.4. The van der Waals surface area contributed by atoms with Crippen LogP contribution in [0, 0.1) is 0 Å². The first-order valence-electron chi connectivity index (χ1n) is 10.5. The molecule has 1 N–H and O–H groups in total. The van der Waals surface area contributed by atoms with Crippen molar-refractivity contribution in [1.29, 1.82) is 0 Å². The van der Waals surface area contributed by atoms with E-state index in [-0.39, 0.29) is 0 Å². The number of carboxylic acids is 1. The third kappa shape index (κ3) is 6.99. The molecule has 0 fully saturated rings. The fourth-order valence-electron chi connectivity index (χ4n) is 3.58. The van der Waals surface area contributed by atoms with Crippen LogP contribution in [0.15, 0.2) is 48.8 Å². The van der Waals surface area contributed by atoms with Gasteiger partial charge in [-0.1, -0.05) is 68.0 Å². The van der Waals surface area contributed by atoms with Gasteiger partial charge in [-0.05, 0) is 47.7 Å². The average molecular weight is 427 g/mol. The maximum atomic E-state index is 10.5. The molecule has 3 aromatic rings. The lowest BCUT2D eigenvalue weighted by atomic mass is 9.99. The first-order valence-corrected chi connectivity index (χ1v) is 10.9. The van der Waals surface area contributed by atoms with Gasteiger partial charge in [0.15, 0.2) is 0 Å². The molecular weight excluding hydrogens is 400 g/mol. The molecule has 0 spiro atoms. The second-order valence-electron chi connectivity index (χ2n) is 7.45. The van der Waals surface area contributed by atoms with Crippen molar-refractivity contribution >= 4 is 28.3 Å². The van der Waals surface area contributed by atoms with Crippen LogP contribution in [0.4, 0.5) is 0 Å². The van der Waals surface area contributed by atoms with E-state index in [0.29, 0.717) is 17.5 Å². The highest BCUT2D eigenvalue weighted by Crippen LogP contribution is 2.28. The molecule has 6 heteroatoms. The second kappa shape index (κ2) is 11.5. The molecule has 1 aromatic heterocycles. The van der Waals surface area contributed by atoms with Gasteiger partial charge >= 0.3 is 5.97 Å². The molecule has 5 nitrogen and oxygen atoms in total. The minimum Gasteiger partial charge on any atom is -0.481 e. The minimum atomic E-state index is -0.692. The Labute approximate surface area is 182 Å². The molecule has 2 aromatic carbocycles. The molecule has 1 heterocycles. The molecule has 0 aliphatic heterocycles. The van der Waals surface area contributed by atoms with Gasteiger partial charge in [0.05, 0.1) is 0 Å². The van der Waals surface area contributed by atoms with Crippen LogP contribution in [0.3, 0.4) is 0 Å². The number of aromatic nitrogens is 2. The number of benzene rings is 2. The first-order chi connectivity index (χ1) is 14.6. The van der Waals surface area contributed by atoms with Gasteiger partial charge in [0.25, 0.3) is 0 Å². The van der Waals surface area contributed by atoms with Gasteiger partial charge in [-0.15, -0.1) is 0 Å². The molecular formula is C24H27ClN2O3. The first kappa shape index (κ1) is 22.0. The van der Waals surface area contributed by atoms with Gasteiger partial charge in [0.2, 0.25) is 5.88 Å². The summed E-state index contributed by atoms with van der Waals surface area (Å²) in [5.41, 5.74) is 1.35. The van der Waals surface area contributed by atoms with E-state index in [1.54, 1.807) is 6.07 Å². The summed E-state index contributed by atoms with van der Waals surface area (Å²) in [7, 11) is 0. The van der Waals surface area contributed by atoms with E-state index >= 15 is 0 Å². The number of hydrogen-bond acceptors (Lipinski definition) is 4. The molecule has 0 atom stereocenters.